The Labute approximate surface area is 166 Å². The molecule has 0 bridgehead atoms. The van der Waals surface area contributed by atoms with Crippen LogP contribution in [0.4, 0.5) is 4.39 Å². The van der Waals surface area contributed by atoms with Crippen molar-refractivity contribution in [1.29, 1.82) is 0 Å². The Morgan fingerprint density at radius 2 is 2.04 bits per heavy atom. The number of hydrogen-bond acceptors (Lipinski definition) is 3. The van der Waals surface area contributed by atoms with Gasteiger partial charge in [-0.05, 0) is 42.9 Å². The number of carbonyl (C=O) groups is 1. The smallest absolute Gasteiger partial charge is 0.274 e. The first-order valence-electron chi connectivity index (χ1n) is 11.3. The van der Waals surface area contributed by atoms with Crippen molar-refractivity contribution in [2.24, 2.45) is 17.8 Å². The molecule has 1 aliphatic heterocycles. The first-order chi connectivity index (χ1) is 13.5. The van der Waals surface area contributed by atoms with E-state index in [1.54, 1.807) is 4.90 Å². The van der Waals surface area contributed by atoms with Crippen LogP contribution in [0.25, 0.3) is 0 Å². The lowest BCUT2D eigenvalue weighted by Gasteiger charge is -2.31. The van der Waals surface area contributed by atoms with Gasteiger partial charge in [0.25, 0.3) is 5.91 Å². The molecule has 0 radical (unpaired) electrons. The Balaban J connectivity index is 1.36. The van der Waals surface area contributed by atoms with E-state index in [-0.39, 0.29) is 12.5 Å². The number of aliphatic hydroxyl groups is 1. The number of piperidine rings is 1. The van der Waals surface area contributed by atoms with Crippen LogP contribution >= 0.6 is 0 Å². The number of alkyl halides is 1. The molecule has 1 aromatic rings. The summed E-state index contributed by atoms with van der Waals surface area (Å²) in [6.45, 7) is 3.56. The monoisotopic (exact) mass is 389 g/mol. The van der Waals surface area contributed by atoms with Crippen LogP contribution in [0, 0.1) is 17.8 Å². The minimum Gasteiger partial charge on any atom is -0.390 e. The molecule has 2 unspecified atom stereocenters. The van der Waals surface area contributed by atoms with Crippen molar-refractivity contribution in [3.05, 3.63) is 17.0 Å². The van der Waals surface area contributed by atoms with E-state index < -0.39 is 12.3 Å². The van der Waals surface area contributed by atoms with Crippen LogP contribution in [-0.4, -0.2) is 51.1 Å². The Kier molecular flexibility index (Phi) is 4.73. The van der Waals surface area contributed by atoms with Gasteiger partial charge in [-0.25, -0.2) is 4.39 Å². The lowest BCUT2D eigenvalue weighted by atomic mass is 9.87. The van der Waals surface area contributed by atoms with E-state index >= 15 is 0 Å². The van der Waals surface area contributed by atoms with Crippen LogP contribution in [0.15, 0.2) is 0 Å². The highest BCUT2D eigenvalue weighted by Crippen LogP contribution is 2.62. The van der Waals surface area contributed by atoms with Gasteiger partial charge in [-0.2, -0.15) is 5.10 Å². The summed E-state index contributed by atoms with van der Waals surface area (Å²) in [6, 6.07) is 0. The van der Waals surface area contributed by atoms with Gasteiger partial charge in [0.05, 0.1) is 12.6 Å². The van der Waals surface area contributed by atoms with E-state index in [0.717, 1.165) is 30.9 Å². The lowest BCUT2D eigenvalue weighted by molar-refractivity contribution is 0.00794. The molecule has 28 heavy (non-hydrogen) atoms. The third-order valence-electron chi connectivity index (χ3n) is 7.89. The molecule has 5 rings (SSSR count). The first kappa shape index (κ1) is 18.6. The van der Waals surface area contributed by atoms with Gasteiger partial charge in [-0.15, -0.1) is 0 Å². The molecule has 4 aliphatic rings. The van der Waals surface area contributed by atoms with Gasteiger partial charge in [0.1, 0.15) is 6.17 Å². The van der Waals surface area contributed by atoms with Crippen LogP contribution in [0.3, 0.4) is 0 Å². The molecule has 154 valence electrons. The number of nitrogens with zero attached hydrogens (tertiary/aromatic N) is 3. The summed E-state index contributed by atoms with van der Waals surface area (Å²) in [6.07, 6.45) is 6.90. The Morgan fingerprint density at radius 1 is 1.25 bits per heavy atom. The predicted molar refractivity (Wildman–Crippen MR) is 104 cm³/mol. The van der Waals surface area contributed by atoms with E-state index in [2.05, 4.69) is 11.6 Å². The lowest BCUT2D eigenvalue weighted by Crippen LogP contribution is -2.47. The Bertz CT molecular complexity index is 757. The van der Waals surface area contributed by atoms with E-state index in [0.29, 0.717) is 36.4 Å². The zero-order chi connectivity index (χ0) is 19.4. The van der Waals surface area contributed by atoms with Crippen LogP contribution in [0.5, 0.6) is 0 Å². The second-order valence-electron chi connectivity index (χ2n) is 9.60. The van der Waals surface area contributed by atoms with Crippen LogP contribution < -0.4 is 0 Å². The summed E-state index contributed by atoms with van der Waals surface area (Å²) < 4.78 is 16.1. The Hall–Kier alpha value is -1.43. The fraction of sp³-hybridized carbons (Fsp3) is 0.818. The average molecular weight is 390 g/mol. The number of rotatable bonds is 4. The molecule has 3 fully saturated rings. The topological polar surface area (TPSA) is 58.4 Å². The van der Waals surface area contributed by atoms with Crippen molar-refractivity contribution in [2.45, 2.75) is 83.0 Å². The summed E-state index contributed by atoms with van der Waals surface area (Å²) in [5.74, 6) is 2.42. The molecule has 5 atom stereocenters. The molecular formula is C22H32FN3O2. The fourth-order valence-electron chi connectivity index (χ4n) is 5.99. The standard InChI is InChI=1S/C22H32FN3O2/c1-13-15-11-17-20(19(13)15)21(22(28)25-9-8-18(27)16(23)12-25)24-26(17)10-7-14-5-3-2-4-6-14/h13-16,18-19,27H,2-12H2,1H3/t13-,15?,16-,18+,19?/m1/s1. The van der Waals surface area contributed by atoms with Gasteiger partial charge >= 0.3 is 0 Å². The summed E-state index contributed by atoms with van der Waals surface area (Å²) in [7, 11) is 0. The predicted octanol–water partition coefficient (Wildman–Crippen LogP) is 3.30. The van der Waals surface area contributed by atoms with E-state index in [1.165, 1.54) is 37.8 Å². The van der Waals surface area contributed by atoms with Crippen LogP contribution in [-0.2, 0) is 13.0 Å². The third-order valence-corrected chi connectivity index (χ3v) is 7.89. The maximum atomic E-state index is 14.0. The fourth-order valence-corrected chi connectivity index (χ4v) is 5.99. The van der Waals surface area contributed by atoms with Crippen molar-refractivity contribution >= 4 is 5.91 Å². The summed E-state index contributed by atoms with van der Waals surface area (Å²) >= 11 is 0. The summed E-state index contributed by atoms with van der Waals surface area (Å²) in [5.41, 5.74) is 2.99. The molecular weight excluding hydrogens is 357 g/mol. The average Bonchev–Trinajstić information content (AvgIpc) is 3.05. The van der Waals surface area contributed by atoms with Crippen molar-refractivity contribution < 1.29 is 14.3 Å². The number of aryl methyl sites for hydroxylation is 1. The Morgan fingerprint density at radius 3 is 2.79 bits per heavy atom. The number of halogens is 1. The van der Waals surface area contributed by atoms with Crippen molar-refractivity contribution in [1.82, 2.24) is 14.7 Å². The van der Waals surface area contributed by atoms with Gasteiger partial charge in [-0.3, -0.25) is 9.48 Å². The van der Waals surface area contributed by atoms with Gasteiger partial charge in [0, 0.05) is 24.3 Å². The molecule has 0 aromatic carbocycles. The molecule has 2 heterocycles. The number of hydrogen-bond donors (Lipinski definition) is 1. The number of fused-ring (bicyclic) bond motifs is 3. The van der Waals surface area contributed by atoms with E-state index in [4.69, 9.17) is 5.10 Å². The van der Waals surface area contributed by atoms with Crippen LogP contribution in [0.2, 0.25) is 0 Å². The normalized spacial score (nSPS) is 35.0. The highest BCUT2D eigenvalue weighted by atomic mass is 19.1. The van der Waals surface area contributed by atoms with Gasteiger partial charge in [0.2, 0.25) is 0 Å². The SMILES string of the molecule is C[C@@H]1C2Cc3c(c(C(=O)N4CC[C@H](O)[C@H](F)C4)nn3CCC3CCCCC3)C21. The number of likely N-dealkylation sites (tertiary alicyclic amines) is 1. The van der Waals surface area contributed by atoms with Gasteiger partial charge in [0.15, 0.2) is 5.69 Å². The largest absolute Gasteiger partial charge is 0.390 e. The van der Waals surface area contributed by atoms with Crippen molar-refractivity contribution in [2.75, 3.05) is 13.1 Å². The zero-order valence-corrected chi connectivity index (χ0v) is 16.8. The summed E-state index contributed by atoms with van der Waals surface area (Å²) in [5, 5.41) is 14.4. The molecule has 1 N–H and O–H groups in total. The molecule has 1 saturated heterocycles. The van der Waals surface area contributed by atoms with Crippen molar-refractivity contribution in [3.63, 3.8) is 0 Å². The zero-order valence-electron chi connectivity index (χ0n) is 16.8. The third kappa shape index (κ3) is 3.08. The molecule has 5 nitrogen and oxygen atoms in total. The number of amides is 1. The molecule has 6 heteroatoms. The van der Waals surface area contributed by atoms with Gasteiger partial charge < -0.3 is 10.0 Å². The molecule has 1 aromatic heterocycles. The highest BCUT2D eigenvalue weighted by molar-refractivity contribution is 5.95. The summed E-state index contributed by atoms with van der Waals surface area (Å²) in [4.78, 5) is 14.8. The second kappa shape index (κ2) is 7.12. The minimum atomic E-state index is -1.35. The number of aromatic nitrogens is 2. The van der Waals surface area contributed by atoms with E-state index in [1.807, 2.05) is 0 Å². The maximum absolute atomic E-state index is 14.0. The second-order valence-corrected chi connectivity index (χ2v) is 9.60. The first-order valence-corrected chi connectivity index (χ1v) is 11.3. The quantitative estimate of drug-likeness (QED) is 0.860. The van der Waals surface area contributed by atoms with Crippen molar-refractivity contribution in [3.8, 4) is 0 Å². The molecule has 1 amide bonds. The molecule has 3 aliphatic carbocycles. The number of carbonyl (C=O) groups excluding carboxylic acids is 1. The molecule has 2 saturated carbocycles. The minimum absolute atomic E-state index is 0.0205. The highest BCUT2D eigenvalue weighted by Gasteiger charge is 2.56. The number of aliphatic hydroxyl groups excluding tert-OH is 1. The van der Waals surface area contributed by atoms with Crippen LogP contribution in [0.1, 0.15) is 79.5 Å². The molecule has 0 spiro atoms. The maximum Gasteiger partial charge on any atom is 0.274 e. The van der Waals surface area contributed by atoms with E-state index in [9.17, 15) is 14.3 Å². The van der Waals surface area contributed by atoms with Gasteiger partial charge in [-0.1, -0.05) is 39.0 Å².